The van der Waals surface area contributed by atoms with Gasteiger partial charge in [0.1, 0.15) is 5.82 Å². The summed E-state index contributed by atoms with van der Waals surface area (Å²) < 4.78 is 18.5. The van der Waals surface area contributed by atoms with Crippen molar-refractivity contribution in [3.63, 3.8) is 0 Å². The molecule has 104 valence electrons. The number of ether oxygens (including phenoxy) is 1. The highest BCUT2D eigenvalue weighted by Crippen LogP contribution is 2.19. The predicted octanol–water partition coefficient (Wildman–Crippen LogP) is 1.36. The molecule has 0 radical (unpaired) electrons. The quantitative estimate of drug-likeness (QED) is 0.851. The van der Waals surface area contributed by atoms with Crippen molar-refractivity contribution >= 4 is 11.7 Å². The summed E-state index contributed by atoms with van der Waals surface area (Å²) in [4.78, 5) is 13.4. The molecule has 5 nitrogen and oxygen atoms in total. The van der Waals surface area contributed by atoms with Crippen molar-refractivity contribution in [2.45, 2.75) is 19.1 Å². The molecule has 1 fully saturated rings. The summed E-state index contributed by atoms with van der Waals surface area (Å²) in [7, 11) is 1.58. The second kappa shape index (κ2) is 5.54. The van der Waals surface area contributed by atoms with E-state index in [2.05, 4.69) is 5.32 Å². The second-order valence-corrected chi connectivity index (χ2v) is 4.63. The molecule has 1 aromatic carbocycles. The van der Waals surface area contributed by atoms with Crippen molar-refractivity contribution in [1.29, 1.82) is 0 Å². The van der Waals surface area contributed by atoms with Gasteiger partial charge in [-0.15, -0.1) is 0 Å². The first-order chi connectivity index (χ1) is 9.00. The van der Waals surface area contributed by atoms with Crippen LogP contribution in [0.4, 0.5) is 14.9 Å². The van der Waals surface area contributed by atoms with Crippen LogP contribution in [0.2, 0.25) is 0 Å². The number of hydrogen-bond acceptors (Lipinski definition) is 3. The topological polar surface area (TPSA) is 61.8 Å². The molecule has 1 aromatic rings. The van der Waals surface area contributed by atoms with Gasteiger partial charge in [0.25, 0.3) is 0 Å². The van der Waals surface area contributed by atoms with Crippen LogP contribution >= 0.6 is 0 Å². The van der Waals surface area contributed by atoms with Crippen LogP contribution < -0.4 is 5.32 Å². The molecule has 0 saturated carbocycles. The Bertz CT molecular complexity index is 481. The Morgan fingerprint density at radius 3 is 2.89 bits per heavy atom. The third kappa shape index (κ3) is 2.85. The first-order valence-electron chi connectivity index (χ1n) is 6.05. The van der Waals surface area contributed by atoms with Gasteiger partial charge in [-0.1, -0.05) is 6.07 Å². The highest BCUT2D eigenvalue weighted by atomic mass is 19.1. The normalized spacial score (nSPS) is 22.3. The van der Waals surface area contributed by atoms with Crippen LogP contribution in [-0.4, -0.2) is 48.4 Å². The Morgan fingerprint density at radius 1 is 1.53 bits per heavy atom. The largest absolute Gasteiger partial charge is 0.388 e. The van der Waals surface area contributed by atoms with Crippen molar-refractivity contribution in [3.8, 4) is 0 Å². The van der Waals surface area contributed by atoms with Crippen LogP contribution in [0.5, 0.6) is 0 Å². The summed E-state index contributed by atoms with van der Waals surface area (Å²) in [5.74, 6) is -0.371. The number of aliphatic hydroxyl groups is 1. The molecule has 1 heterocycles. The number of halogens is 1. The van der Waals surface area contributed by atoms with Gasteiger partial charge in [-0.3, -0.25) is 0 Å². The minimum Gasteiger partial charge on any atom is -0.388 e. The number of carbonyl (C=O) groups excluding carboxylic acids is 1. The molecular formula is C13H17FN2O3. The third-order valence-corrected chi connectivity index (χ3v) is 3.35. The number of aliphatic hydroxyl groups excluding tert-OH is 1. The van der Waals surface area contributed by atoms with Gasteiger partial charge in [0.05, 0.1) is 25.4 Å². The van der Waals surface area contributed by atoms with Crippen molar-refractivity contribution in [2.75, 3.05) is 25.6 Å². The average Bonchev–Trinajstić information content (AvgIpc) is 2.80. The summed E-state index contributed by atoms with van der Waals surface area (Å²) in [5, 5.41) is 12.3. The van der Waals surface area contributed by atoms with Crippen molar-refractivity contribution in [1.82, 2.24) is 4.90 Å². The van der Waals surface area contributed by atoms with Gasteiger partial charge in [-0.25, -0.2) is 9.18 Å². The van der Waals surface area contributed by atoms with E-state index < -0.39 is 12.1 Å². The molecule has 0 aromatic heterocycles. The van der Waals surface area contributed by atoms with E-state index in [1.807, 2.05) is 0 Å². The third-order valence-electron chi connectivity index (χ3n) is 3.35. The number of benzene rings is 1. The molecule has 1 aliphatic heterocycles. The molecular weight excluding hydrogens is 251 g/mol. The Labute approximate surface area is 111 Å². The van der Waals surface area contributed by atoms with Crippen LogP contribution in [0.15, 0.2) is 18.2 Å². The van der Waals surface area contributed by atoms with Crippen LogP contribution in [0.25, 0.3) is 0 Å². The van der Waals surface area contributed by atoms with Gasteiger partial charge in [0.2, 0.25) is 0 Å². The molecule has 0 unspecified atom stereocenters. The van der Waals surface area contributed by atoms with Gasteiger partial charge >= 0.3 is 6.03 Å². The molecule has 19 heavy (non-hydrogen) atoms. The molecule has 0 bridgehead atoms. The zero-order chi connectivity index (χ0) is 14.0. The molecule has 0 spiro atoms. The SMILES string of the molecule is Cc1c(F)cccc1NC(=O)N(C)[C@H]1COC[C@@H]1O. The number of amides is 2. The molecule has 2 amide bonds. The lowest BCUT2D eigenvalue weighted by atomic mass is 10.2. The fraction of sp³-hybridized carbons (Fsp3) is 0.462. The van der Waals surface area contributed by atoms with Gasteiger partial charge < -0.3 is 20.1 Å². The fourth-order valence-electron chi connectivity index (χ4n) is 2.00. The van der Waals surface area contributed by atoms with Crippen LogP contribution in [0.3, 0.4) is 0 Å². The first-order valence-corrected chi connectivity index (χ1v) is 6.05. The second-order valence-electron chi connectivity index (χ2n) is 4.63. The van der Waals surface area contributed by atoms with E-state index in [0.717, 1.165) is 0 Å². The number of carbonyl (C=O) groups is 1. The maximum Gasteiger partial charge on any atom is 0.322 e. The van der Waals surface area contributed by atoms with Gasteiger partial charge in [-0.2, -0.15) is 0 Å². The maximum absolute atomic E-state index is 13.4. The highest BCUT2D eigenvalue weighted by Gasteiger charge is 2.32. The van der Waals surface area contributed by atoms with E-state index in [0.29, 0.717) is 17.9 Å². The van der Waals surface area contributed by atoms with E-state index in [1.54, 1.807) is 20.0 Å². The van der Waals surface area contributed by atoms with Crippen molar-refractivity contribution < 1.29 is 19.0 Å². The van der Waals surface area contributed by atoms with E-state index in [1.165, 1.54) is 17.0 Å². The molecule has 1 saturated heterocycles. The summed E-state index contributed by atoms with van der Waals surface area (Å²) in [6, 6.07) is 3.72. The fourth-order valence-corrected chi connectivity index (χ4v) is 2.00. The standard InChI is InChI=1S/C13H17FN2O3/c1-8-9(14)4-3-5-10(8)15-13(18)16(2)11-6-19-7-12(11)17/h3-5,11-12,17H,6-7H2,1-2H3,(H,15,18)/t11-,12-/m0/s1. The summed E-state index contributed by atoms with van der Waals surface area (Å²) in [6.07, 6.45) is -0.690. The molecule has 0 aliphatic carbocycles. The summed E-state index contributed by atoms with van der Waals surface area (Å²) in [5.41, 5.74) is 0.803. The van der Waals surface area contributed by atoms with E-state index in [-0.39, 0.29) is 18.5 Å². The van der Waals surface area contributed by atoms with E-state index >= 15 is 0 Å². The zero-order valence-electron chi connectivity index (χ0n) is 10.9. The number of nitrogens with one attached hydrogen (secondary N) is 1. The minimum absolute atomic E-state index is 0.223. The first kappa shape index (κ1) is 13.8. The number of anilines is 1. The number of rotatable bonds is 2. The molecule has 2 atom stereocenters. The van der Waals surface area contributed by atoms with Gasteiger partial charge in [0, 0.05) is 18.3 Å². The van der Waals surface area contributed by atoms with Crippen LogP contribution in [0, 0.1) is 12.7 Å². The lowest BCUT2D eigenvalue weighted by molar-refractivity contribution is 0.106. The molecule has 2 rings (SSSR count). The predicted molar refractivity (Wildman–Crippen MR) is 68.5 cm³/mol. The summed E-state index contributed by atoms with van der Waals surface area (Å²) >= 11 is 0. The maximum atomic E-state index is 13.4. The minimum atomic E-state index is -0.690. The Hall–Kier alpha value is -1.66. The molecule has 2 N–H and O–H groups in total. The van der Waals surface area contributed by atoms with Crippen molar-refractivity contribution in [3.05, 3.63) is 29.6 Å². The smallest absolute Gasteiger partial charge is 0.322 e. The van der Waals surface area contributed by atoms with Crippen LogP contribution in [0.1, 0.15) is 5.56 Å². The van der Waals surface area contributed by atoms with Gasteiger partial charge in [-0.05, 0) is 19.1 Å². The Kier molecular flexibility index (Phi) is 4.01. The Morgan fingerprint density at radius 2 is 2.26 bits per heavy atom. The highest BCUT2D eigenvalue weighted by molar-refractivity contribution is 5.90. The van der Waals surface area contributed by atoms with E-state index in [9.17, 15) is 14.3 Å². The van der Waals surface area contributed by atoms with E-state index in [4.69, 9.17) is 4.74 Å². The lowest BCUT2D eigenvalue weighted by Crippen LogP contribution is -2.46. The lowest BCUT2D eigenvalue weighted by Gasteiger charge is -2.26. The zero-order valence-corrected chi connectivity index (χ0v) is 10.9. The molecule has 1 aliphatic rings. The van der Waals surface area contributed by atoms with Gasteiger partial charge in [0.15, 0.2) is 0 Å². The average molecular weight is 268 g/mol. The van der Waals surface area contributed by atoms with Crippen LogP contribution in [-0.2, 0) is 4.74 Å². The number of urea groups is 1. The Balaban J connectivity index is 2.06. The van der Waals surface area contributed by atoms with Crippen molar-refractivity contribution in [2.24, 2.45) is 0 Å². The number of hydrogen-bond donors (Lipinski definition) is 2. The number of likely N-dealkylation sites (N-methyl/N-ethyl adjacent to an activating group) is 1. The summed E-state index contributed by atoms with van der Waals surface area (Å²) in [6.45, 7) is 2.12. The number of nitrogens with zero attached hydrogens (tertiary/aromatic N) is 1. The monoisotopic (exact) mass is 268 g/mol. The molecule has 6 heteroatoms.